The van der Waals surface area contributed by atoms with Crippen LogP contribution in [0.2, 0.25) is 0 Å². The zero-order chi connectivity index (χ0) is 20.5. The SMILES string of the molecule is COCCCN1C(=O)c2[nH]nc(-c3cc(C)ccc3O)c2C1c1ccccc1F. The normalized spacial score (nSPS) is 15.8. The first kappa shape index (κ1) is 19.1. The molecule has 0 saturated heterocycles. The van der Waals surface area contributed by atoms with Gasteiger partial charge in [-0.3, -0.25) is 9.89 Å². The van der Waals surface area contributed by atoms with Crippen molar-refractivity contribution in [3.05, 3.63) is 70.7 Å². The zero-order valence-corrected chi connectivity index (χ0v) is 16.3. The van der Waals surface area contributed by atoms with Gasteiger partial charge >= 0.3 is 0 Å². The maximum atomic E-state index is 14.8. The van der Waals surface area contributed by atoms with Gasteiger partial charge in [-0.05, 0) is 31.5 Å². The van der Waals surface area contributed by atoms with Gasteiger partial charge in [-0.2, -0.15) is 5.10 Å². The molecular weight excluding hydrogens is 373 g/mol. The number of ether oxygens (including phenoxy) is 1. The number of carbonyl (C=O) groups is 1. The number of halogens is 1. The number of benzene rings is 2. The number of aromatic hydroxyl groups is 1. The van der Waals surface area contributed by atoms with E-state index in [1.54, 1.807) is 42.3 Å². The number of hydrogen-bond donors (Lipinski definition) is 2. The van der Waals surface area contributed by atoms with Crippen LogP contribution in [0.15, 0.2) is 42.5 Å². The molecule has 29 heavy (non-hydrogen) atoms. The number of hydrogen-bond acceptors (Lipinski definition) is 4. The van der Waals surface area contributed by atoms with Crippen molar-refractivity contribution in [2.45, 2.75) is 19.4 Å². The molecule has 0 bridgehead atoms. The van der Waals surface area contributed by atoms with Crippen LogP contribution < -0.4 is 0 Å². The lowest BCUT2D eigenvalue weighted by Gasteiger charge is -2.26. The smallest absolute Gasteiger partial charge is 0.273 e. The van der Waals surface area contributed by atoms with E-state index < -0.39 is 11.9 Å². The number of nitrogens with one attached hydrogen (secondary N) is 1. The molecule has 0 saturated carbocycles. The summed E-state index contributed by atoms with van der Waals surface area (Å²) in [7, 11) is 1.60. The number of aryl methyl sites for hydroxylation is 1. The average Bonchev–Trinajstić information content (AvgIpc) is 3.24. The minimum Gasteiger partial charge on any atom is -0.507 e. The van der Waals surface area contributed by atoms with Gasteiger partial charge in [0.15, 0.2) is 0 Å². The Kier molecular flexibility index (Phi) is 5.07. The molecule has 0 fully saturated rings. The second kappa shape index (κ2) is 7.67. The summed E-state index contributed by atoms with van der Waals surface area (Å²) in [5.41, 5.74) is 3.21. The fourth-order valence-electron chi connectivity index (χ4n) is 3.87. The second-order valence-corrected chi connectivity index (χ2v) is 7.15. The summed E-state index contributed by atoms with van der Waals surface area (Å²) in [4.78, 5) is 14.7. The minimum atomic E-state index is -0.635. The van der Waals surface area contributed by atoms with Crippen LogP contribution in [0.1, 0.15) is 39.6 Å². The quantitative estimate of drug-likeness (QED) is 0.622. The van der Waals surface area contributed by atoms with Gasteiger partial charge < -0.3 is 14.7 Å². The molecule has 0 spiro atoms. The van der Waals surface area contributed by atoms with Gasteiger partial charge in [0, 0.05) is 37.0 Å². The third kappa shape index (κ3) is 3.27. The number of aromatic amines is 1. The van der Waals surface area contributed by atoms with Crippen LogP contribution in [0.25, 0.3) is 11.3 Å². The highest BCUT2D eigenvalue weighted by atomic mass is 19.1. The fraction of sp³-hybridized carbons (Fsp3) is 0.273. The number of rotatable bonds is 6. The number of carbonyl (C=O) groups excluding carboxylic acids is 1. The molecule has 1 unspecified atom stereocenters. The van der Waals surface area contributed by atoms with Crippen LogP contribution in [0.4, 0.5) is 4.39 Å². The molecule has 2 aromatic carbocycles. The fourth-order valence-corrected chi connectivity index (χ4v) is 3.87. The topological polar surface area (TPSA) is 78.5 Å². The maximum Gasteiger partial charge on any atom is 0.273 e. The summed E-state index contributed by atoms with van der Waals surface area (Å²) < 4.78 is 19.9. The number of fused-ring (bicyclic) bond motifs is 1. The Labute approximate surface area is 167 Å². The van der Waals surface area contributed by atoms with Crippen molar-refractivity contribution in [3.63, 3.8) is 0 Å². The molecule has 0 radical (unpaired) electrons. The molecule has 6 nitrogen and oxygen atoms in total. The van der Waals surface area contributed by atoms with Crippen molar-refractivity contribution in [3.8, 4) is 17.0 Å². The van der Waals surface area contributed by atoms with Crippen LogP contribution in [0, 0.1) is 12.7 Å². The van der Waals surface area contributed by atoms with Gasteiger partial charge in [0.05, 0.1) is 6.04 Å². The summed E-state index contributed by atoms with van der Waals surface area (Å²) in [5, 5.41) is 17.5. The number of phenols is 1. The van der Waals surface area contributed by atoms with Gasteiger partial charge in [0.2, 0.25) is 0 Å². The molecule has 1 aromatic heterocycles. The van der Waals surface area contributed by atoms with Gasteiger partial charge in [-0.1, -0.05) is 29.8 Å². The van der Waals surface area contributed by atoms with Crippen LogP contribution in [0.3, 0.4) is 0 Å². The van der Waals surface area contributed by atoms with Crippen molar-refractivity contribution in [2.75, 3.05) is 20.3 Å². The molecular formula is C22H22FN3O3. The summed E-state index contributed by atoms with van der Waals surface area (Å²) in [6, 6.07) is 11.0. The van der Waals surface area contributed by atoms with Crippen LogP contribution in [-0.2, 0) is 4.74 Å². The number of H-pyrrole nitrogens is 1. The van der Waals surface area contributed by atoms with Crippen LogP contribution >= 0.6 is 0 Å². The summed E-state index contributed by atoms with van der Waals surface area (Å²) in [5.74, 6) is -0.576. The lowest BCUT2D eigenvalue weighted by atomic mass is 9.94. The molecule has 7 heteroatoms. The average molecular weight is 395 g/mol. The Morgan fingerprint density at radius 3 is 2.83 bits per heavy atom. The number of nitrogens with zero attached hydrogens (tertiary/aromatic N) is 2. The van der Waals surface area contributed by atoms with Crippen molar-refractivity contribution in [1.82, 2.24) is 15.1 Å². The standard InChI is InChI=1S/C22H22FN3O3/c1-13-8-9-17(27)15(12-13)19-18-20(25-24-19)22(28)26(10-5-11-29-2)21(18)14-6-3-4-7-16(14)23/h3-4,6-9,12,21,27H,5,10-11H2,1-2H3,(H,24,25). The Morgan fingerprint density at radius 2 is 2.07 bits per heavy atom. The molecule has 1 aliphatic heterocycles. The van der Waals surface area contributed by atoms with Crippen molar-refractivity contribution in [2.24, 2.45) is 0 Å². The van der Waals surface area contributed by atoms with E-state index in [-0.39, 0.29) is 11.7 Å². The summed E-state index contributed by atoms with van der Waals surface area (Å²) in [6.07, 6.45) is 0.621. The number of aromatic nitrogens is 2. The van der Waals surface area contributed by atoms with Crippen LogP contribution in [-0.4, -0.2) is 46.4 Å². The number of methoxy groups -OCH3 is 1. The molecule has 1 aliphatic rings. The van der Waals surface area contributed by atoms with Crippen LogP contribution in [0.5, 0.6) is 5.75 Å². The van der Waals surface area contributed by atoms with E-state index in [2.05, 4.69) is 10.2 Å². The number of phenolic OH excluding ortho intramolecular Hbond substituents is 1. The molecule has 3 aromatic rings. The monoisotopic (exact) mass is 395 g/mol. The highest BCUT2D eigenvalue weighted by Gasteiger charge is 2.43. The second-order valence-electron chi connectivity index (χ2n) is 7.15. The highest BCUT2D eigenvalue weighted by Crippen LogP contribution is 2.45. The van der Waals surface area contributed by atoms with Gasteiger partial charge in [0.1, 0.15) is 23.0 Å². The van der Waals surface area contributed by atoms with E-state index in [1.807, 2.05) is 13.0 Å². The van der Waals surface area contributed by atoms with Crippen molar-refractivity contribution in [1.29, 1.82) is 0 Å². The van der Waals surface area contributed by atoms with E-state index in [1.165, 1.54) is 6.07 Å². The first-order valence-electron chi connectivity index (χ1n) is 9.45. The Balaban J connectivity index is 1.88. The molecule has 2 N–H and O–H groups in total. The molecule has 150 valence electrons. The Bertz CT molecular complexity index is 1060. The van der Waals surface area contributed by atoms with Crippen molar-refractivity contribution >= 4 is 5.91 Å². The third-order valence-electron chi connectivity index (χ3n) is 5.22. The first-order valence-corrected chi connectivity index (χ1v) is 9.45. The van der Waals surface area contributed by atoms with Gasteiger partial charge in [0.25, 0.3) is 5.91 Å². The van der Waals surface area contributed by atoms with E-state index >= 15 is 0 Å². The van der Waals surface area contributed by atoms with E-state index in [9.17, 15) is 14.3 Å². The molecule has 1 amide bonds. The van der Waals surface area contributed by atoms with Gasteiger partial charge in [-0.15, -0.1) is 0 Å². The Hall–Kier alpha value is -3.19. The predicted octanol–water partition coefficient (Wildman–Crippen LogP) is 3.81. The largest absolute Gasteiger partial charge is 0.507 e. The molecule has 2 heterocycles. The third-order valence-corrected chi connectivity index (χ3v) is 5.22. The van der Waals surface area contributed by atoms with Crippen molar-refractivity contribution < 1.29 is 19.0 Å². The van der Waals surface area contributed by atoms with E-state index in [4.69, 9.17) is 4.74 Å². The molecule has 4 rings (SSSR count). The maximum absolute atomic E-state index is 14.8. The lowest BCUT2D eigenvalue weighted by Crippen LogP contribution is -2.31. The number of amides is 1. The summed E-state index contributed by atoms with van der Waals surface area (Å²) in [6.45, 7) is 2.81. The Morgan fingerprint density at radius 1 is 1.28 bits per heavy atom. The summed E-state index contributed by atoms with van der Waals surface area (Å²) >= 11 is 0. The molecule has 0 aliphatic carbocycles. The zero-order valence-electron chi connectivity index (χ0n) is 16.3. The molecule has 1 atom stereocenters. The first-order chi connectivity index (χ1) is 14.0. The van der Waals surface area contributed by atoms with Gasteiger partial charge in [-0.25, -0.2) is 4.39 Å². The lowest BCUT2D eigenvalue weighted by molar-refractivity contribution is 0.0721. The van der Waals surface area contributed by atoms with E-state index in [0.29, 0.717) is 47.7 Å². The minimum absolute atomic E-state index is 0.0578. The predicted molar refractivity (Wildman–Crippen MR) is 106 cm³/mol. The highest BCUT2D eigenvalue weighted by molar-refractivity contribution is 6.00. The van der Waals surface area contributed by atoms with E-state index in [0.717, 1.165) is 5.56 Å².